The topological polar surface area (TPSA) is 38.9 Å². The van der Waals surface area contributed by atoms with Crippen molar-refractivity contribution in [1.29, 1.82) is 0 Å². The predicted molar refractivity (Wildman–Crippen MR) is 104 cm³/mol. The summed E-state index contributed by atoms with van der Waals surface area (Å²) in [6, 6.07) is 6.43. The van der Waals surface area contributed by atoms with E-state index in [-0.39, 0.29) is 10.8 Å². The van der Waals surface area contributed by atoms with Crippen LogP contribution in [0, 0.1) is 6.92 Å². The fourth-order valence-corrected chi connectivity index (χ4v) is 5.15. The van der Waals surface area contributed by atoms with Gasteiger partial charge in [-0.25, -0.2) is 4.98 Å². The zero-order valence-corrected chi connectivity index (χ0v) is 16.6. The molecule has 128 valence electrons. The van der Waals surface area contributed by atoms with Gasteiger partial charge in [0.1, 0.15) is 5.15 Å². The number of halogens is 1. The van der Waals surface area contributed by atoms with Crippen molar-refractivity contribution in [2.45, 2.75) is 68.1 Å². The number of nitrogen functional groups attached to an aromatic ring is 1. The third kappa shape index (κ3) is 3.04. The summed E-state index contributed by atoms with van der Waals surface area (Å²) in [4.78, 5) is 6.31. The lowest BCUT2D eigenvalue weighted by atomic mass is 9.63. The summed E-state index contributed by atoms with van der Waals surface area (Å²) in [6.07, 6.45) is 4.04. The molecule has 0 saturated carbocycles. The number of hydrogen-bond donors (Lipinski definition) is 1. The van der Waals surface area contributed by atoms with Crippen LogP contribution in [-0.4, -0.2) is 4.98 Å². The van der Waals surface area contributed by atoms with Crippen molar-refractivity contribution < 1.29 is 0 Å². The molecular formula is C20H25ClN2S. The molecule has 0 radical (unpaired) electrons. The smallest absolute Gasteiger partial charge is 0.144 e. The lowest BCUT2D eigenvalue weighted by Crippen LogP contribution is -2.34. The standard InChI is InChI=1S/C20H25ClN2S/c1-12-10-13-16(20(4,5)8-7-19(13,2)3)15(11-12)24-17-14(22)6-9-23-18(17)21/h6,9-11H,7-8H2,1-5H3,(H2,22,23). The van der Waals surface area contributed by atoms with Crippen LogP contribution in [-0.2, 0) is 10.8 Å². The molecule has 4 heteroatoms. The van der Waals surface area contributed by atoms with Crippen molar-refractivity contribution in [2.75, 3.05) is 5.73 Å². The Morgan fingerprint density at radius 1 is 1.12 bits per heavy atom. The number of pyridine rings is 1. The molecule has 0 fully saturated rings. The molecule has 1 aliphatic rings. The van der Waals surface area contributed by atoms with Gasteiger partial charge in [0, 0.05) is 11.1 Å². The van der Waals surface area contributed by atoms with E-state index in [0.717, 1.165) is 4.90 Å². The first kappa shape index (κ1) is 17.6. The minimum absolute atomic E-state index is 0.143. The molecule has 0 unspecified atom stereocenters. The fourth-order valence-electron chi connectivity index (χ4n) is 3.60. The van der Waals surface area contributed by atoms with Gasteiger partial charge in [-0.15, -0.1) is 0 Å². The van der Waals surface area contributed by atoms with E-state index in [4.69, 9.17) is 17.3 Å². The van der Waals surface area contributed by atoms with Crippen molar-refractivity contribution in [1.82, 2.24) is 4.98 Å². The first-order chi connectivity index (χ1) is 11.1. The van der Waals surface area contributed by atoms with E-state index in [1.165, 1.54) is 34.4 Å². The maximum Gasteiger partial charge on any atom is 0.144 e. The van der Waals surface area contributed by atoms with E-state index >= 15 is 0 Å². The van der Waals surface area contributed by atoms with Crippen LogP contribution in [0.3, 0.4) is 0 Å². The summed E-state index contributed by atoms with van der Waals surface area (Å²) < 4.78 is 0. The summed E-state index contributed by atoms with van der Waals surface area (Å²) in [5.74, 6) is 0. The molecule has 1 heterocycles. The molecule has 2 aromatic rings. The van der Waals surface area contributed by atoms with Gasteiger partial charge in [0.05, 0.1) is 10.6 Å². The summed E-state index contributed by atoms with van der Waals surface area (Å²) >= 11 is 7.97. The lowest BCUT2D eigenvalue weighted by Gasteiger charge is -2.43. The highest BCUT2D eigenvalue weighted by atomic mass is 35.5. The Hall–Kier alpha value is -1.19. The van der Waals surface area contributed by atoms with E-state index in [1.54, 1.807) is 18.0 Å². The predicted octanol–water partition coefficient (Wildman–Crippen LogP) is 6.13. The van der Waals surface area contributed by atoms with Crippen LogP contribution in [0.5, 0.6) is 0 Å². The van der Waals surface area contributed by atoms with Gasteiger partial charge in [0.25, 0.3) is 0 Å². The van der Waals surface area contributed by atoms with Crippen LogP contribution in [0.4, 0.5) is 5.69 Å². The number of anilines is 1. The molecule has 1 aliphatic carbocycles. The monoisotopic (exact) mass is 360 g/mol. The first-order valence-electron chi connectivity index (χ1n) is 8.35. The molecule has 1 aromatic carbocycles. The zero-order valence-electron chi connectivity index (χ0n) is 15.0. The Kier molecular flexibility index (Phi) is 4.38. The van der Waals surface area contributed by atoms with Crippen LogP contribution in [0.25, 0.3) is 0 Å². The second-order valence-corrected chi connectivity index (χ2v) is 9.49. The Labute approximate surface area is 154 Å². The van der Waals surface area contributed by atoms with E-state index in [1.807, 2.05) is 6.07 Å². The normalized spacial score (nSPS) is 18.2. The summed E-state index contributed by atoms with van der Waals surface area (Å²) in [5, 5.41) is 0.475. The van der Waals surface area contributed by atoms with Gasteiger partial charge in [-0.3, -0.25) is 0 Å². The van der Waals surface area contributed by atoms with E-state index in [2.05, 4.69) is 51.7 Å². The number of rotatable bonds is 2. The van der Waals surface area contributed by atoms with Gasteiger partial charge < -0.3 is 5.73 Å². The number of nitrogens with zero attached hydrogens (tertiary/aromatic N) is 1. The Morgan fingerprint density at radius 3 is 2.46 bits per heavy atom. The van der Waals surface area contributed by atoms with Crippen LogP contribution in [0.2, 0.25) is 5.15 Å². The summed E-state index contributed by atoms with van der Waals surface area (Å²) in [5.41, 5.74) is 11.4. The maximum atomic E-state index is 6.32. The molecule has 0 amide bonds. The van der Waals surface area contributed by atoms with Gasteiger partial charge >= 0.3 is 0 Å². The minimum atomic E-state index is 0.143. The van der Waals surface area contributed by atoms with Crippen molar-refractivity contribution in [3.05, 3.63) is 46.2 Å². The summed E-state index contributed by atoms with van der Waals surface area (Å²) in [7, 11) is 0. The highest BCUT2D eigenvalue weighted by molar-refractivity contribution is 7.99. The van der Waals surface area contributed by atoms with Gasteiger partial charge in [-0.05, 0) is 59.4 Å². The number of aryl methyl sites for hydroxylation is 1. The van der Waals surface area contributed by atoms with Crippen LogP contribution < -0.4 is 5.73 Å². The number of hydrogen-bond acceptors (Lipinski definition) is 3. The third-order valence-corrected chi connectivity index (χ3v) is 6.70. The molecule has 0 atom stereocenters. The molecule has 3 rings (SSSR count). The molecule has 2 N–H and O–H groups in total. The van der Waals surface area contributed by atoms with Crippen molar-refractivity contribution >= 4 is 29.1 Å². The van der Waals surface area contributed by atoms with Gasteiger partial charge in [-0.1, -0.05) is 57.1 Å². The van der Waals surface area contributed by atoms with Crippen LogP contribution in [0.15, 0.2) is 34.2 Å². The average molecular weight is 361 g/mol. The number of fused-ring (bicyclic) bond motifs is 1. The van der Waals surface area contributed by atoms with E-state index in [9.17, 15) is 0 Å². The molecule has 0 spiro atoms. The van der Waals surface area contributed by atoms with Crippen LogP contribution >= 0.6 is 23.4 Å². The number of nitrogens with two attached hydrogens (primary N) is 1. The Bertz CT molecular complexity index is 776. The SMILES string of the molecule is Cc1cc(Sc2c(N)ccnc2Cl)c2c(c1)C(C)(C)CCC2(C)C. The lowest BCUT2D eigenvalue weighted by molar-refractivity contribution is 0.326. The second kappa shape index (κ2) is 5.96. The second-order valence-electron chi connectivity index (χ2n) is 8.08. The van der Waals surface area contributed by atoms with Crippen molar-refractivity contribution in [2.24, 2.45) is 0 Å². The average Bonchev–Trinajstić information content (AvgIpc) is 2.47. The van der Waals surface area contributed by atoms with Gasteiger partial charge in [-0.2, -0.15) is 0 Å². The highest BCUT2D eigenvalue weighted by Crippen LogP contribution is 2.51. The van der Waals surface area contributed by atoms with E-state index < -0.39 is 0 Å². The molecule has 24 heavy (non-hydrogen) atoms. The van der Waals surface area contributed by atoms with Gasteiger partial charge in [0.15, 0.2) is 0 Å². The third-order valence-electron chi connectivity index (χ3n) is 5.13. The molecule has 0 bridgehead atoms. The number of aromatic nitrogens is 1. The first-order valence-corrected chi connectivity index (χ1v) is 9.55. The molecule has 2 nitrogen and oxygen atoms in total. The van der Waals surface area contributed by atoms with Crippen molar-refractivity contribution in [3.63, 3.8) is 0 Å². The highest BCUT2D eigenvalue weighted by Gasteiger charge is 2.39. The van der Waals surface area contributed by atoms with Crippen LogP contribution in [0.1, 0.15) is 57.2 Å². The molecule has 0 saturated heterocycles. The van der Waals surface area contributed by atoms with E-state index in [0.29, 0.717) is 10.8 Å². The molecular weight excluding hydrogens is 336 g/mol. The maximum absolute atomic E-state index is 6.32. The Morgan fingerprint density at radius 2 is 1.79 bits per heavy atom. The molecule has 1 aromatic heterocycles. The quantitative estimate of drug-likeness (QED) is 0.655. The fraction of sp³-hybridized carbons (Fsp3) is 0.450. The largest absolute Gasteiger partial charge is 0.398 e. The molecule has 0 aliphatic heterocycles. The van der Waals surface area contributed by atoms with Gasteiger partial charge in [0.2, 0.25) is 0 Å². The minimum Gasteiger partial charge on any atom is -0.398 e. The number of benzene rings is 1. The Balaban J connectivity index is 2.21. The zero-order chi connectivity index (χ0) is 17.7. The summed E-state index contributed by atoms with van der Waals surface area (Å²) in [6.45, 7) is 11.5. The van der Waals surface area contributed by atoms with Crippen molar-refractivity contribution in [3.8, 4) is 0 Å².